The number of likely N-dealkylation sites (tertiary alicyclic amines) is 1. The van der Waals surface area contributed by atoms with Crippen molar-refractivity contribution in [2.24, 2.45) is 0 Å². The molecule has 1 aliphatic rings. The molecule has 6 heteroatoms. The number of carbonyl (C=O) groups excluding carboxylic acids is 1. The number of aromatic nitrogens is 2. The maximum Gasteiger partial charge on any atom is 0.321 e. The molecule has 3 rings (SSSR count). The molecule has 0 unspecified atom stereocenters. The van der Waals surface area contributed by atoms with Gasteiger partial charge in [-0.2, -0.15) is 0 Å². The van der Waals surface area contributed by atoms with Gasteiger partial charge in [0.15, 0.2) is 0 Å². The van der Waals surface area contributed by atoms with Gasteiger partial charge in [0.2, 0.25) is 0 Å². The quantitative estimate of drug-likeness (QED) is 0.896. The molecule has 1 aliphatic heterocycles. The molecule has 0 spiro atoms. The first-order valence-corrected chi connectivity index (χ1v) is 9.32. The highest BCUT2D eigenvalue weighted by molar-refractivity contribution is 5.90. The minimum absolute atomic E-state index is 0.00583. The van der Waals surface area contributed by atoms with Crippen LogP contribution < -0.4 is 5.32 Å². The second-order valence-electron chi connectivity index (χ2n) is 7.29. The topological polar surface area (TPSA) is 53.4 Å². The van der Waals surface area contributed by atoms with Gasteiger partial charge in [0, 0.05) is 50.2 Å². The lowest BCUT2D eigenvalue weighted by Crippen LogP contribution is -2.41. The highest BCUT2D eigenvalue weighted by atomic mass is 16.2. The van der Waals surface area contributed by atoms with Crippen molar-refractivity contribution in [1.82, 2.24) is 19.4 Å². The van der Waals surface area contributed by atoms with Crippen molar-refractivity contribution in [1.29, 1.82) is 0 Å². The molecule has 140 valence electrons. The largest absolute Gasteiger partial charge is 0.333 e. The van der Waals surface area contributed by atoms with Gasteiger partial charge in [0.25, 0.3) is 0 Å². The summed E-state index contributed by atoms with van der Waals surface area (Å²) < 4.78 is 2.26. The minimum Gasteiger partial charge on any atom is -0.333 e. The number of anilines is 1. The summed E-state index contributed by atoms with van der Waals surface area (Å²) >= 11 is 0. The van der Waals surface area contributed by atoms with Crippen LogP contribution in [0.3, 0.4) is 0 Å². The van der Waals surface area contributed by atoms with Crippen molar-refractivity contribution in [3.63, 3.8) is 0 Å². The fourth-order valence-corrected chi connectivity index (χ4v) is 3.43. The number of nitrogens with zero attached hydrogens (tertiary/aromatic N) is 4. The zero-order valence-corrected chi connectivity index (χ0v) is 16.0. The van der Waals surface area contributed by atoms with Crippen molar-refractivity contribution < 1.29 is 4.79 Å². The molecule has 1 saturated heterocycles. The van der Waals surface area contributed by atoms with Crippen LogP contribution in [0.1, 0.15) is 30.1 Å². The molecule has 0 saturated carbocycles. The van der Waals surface area contributed by atoms with Crippen LogP contribution >= 0.6 is 0 Å². The van der Waals surface area contributed by atoms with E-state index in [4.69, 9.17) is 0 Å². The molecule has 1 aromatic heterocycles. The van der Waals surface area contributed by atoms with Gasteiger partial charge in [0.05, 0.1) is 0 Å². The number of imidazole rings is 1. The van der Waals surface area contributed by atoms with E-state index in [-0.39, 0.29) is 6.03 Å². The summed E-state index contributed by atoms with van der Waals surface area (Å²) in [5.74, 6) is 1.58. The minimum atomic E-state index is -0.00583. The lowest BCUT2D eigenvalue weighted by Gasteiger charge is -2.32. The Hall–Kier alpha value is -2.34. The Morgan fingerprint density at radius 1 is 1.27 bits per heavy atom. The standard InChI is InChI=1S/C20H29N5O/c1-16-6-4-5-7-18(16)22-20(26)25-11-8-17(9-12-25)19-21-10-13-24(19)15-14-23(2)3/h4-7,10,13,17H,8-9,11-12,14-15H2,1-3H3,(H,22,26). The molecule has 26 heavy (non-hydrogen) atoms. The van der Waals surface area contributed by atoms with E-state index >= 15 is 0 Å². The second kappa shape index (κ2) is 8.36. The molecule has 0 atom stereocenters. The number of para-hydroxylation sites is 1. The van der Waals surface area contributed by atoms with Crippen LogP contribution in [0.4, 0.5) is 10.5 Å². The van der Waals surface area contributed by atoms with Crippen LogP contribution in [0.2, 0.25) is 0 Å². The van der Waals surface area contributed by atoms with Gasteiger partial charge in [0.1, 0.15) is 5.82 Å². The van der Waals surface area contributed by atoms with E-state index in [1.807, 2.05) is 42.3 Å². The van der Waals surface area contributed by atoms with E-state index in [1.165, 1.54) is 0 Å². The number of hydrogen-bond acceptors (Lipinski definition) is 3. The Morgan fingerprint density at radius 2 is 2.00 bits per heavy atom. The Balaban J connectivity index is 1.55. The fourth-order valence-electron chi connectivity index (χ4n) is 3.43. The Bertz CT molecular complexity index is 731. The lowest BCUT2D eigenvalue weighted by molar-refractivity contribution is 0.192. The van der Waals surface area contributed by atoms with Crippen molar-refractivity contribution in [3.05, 3.63) is 48.0 Å². The van der Waals surface area contributed by atoms with Crippen molar-refractivity contribution >= 4 is 11.7 Å². The summed E-state index contributed by atoms with van der Waals surface area (Å²) in [6.07, 6.45) is 5.87. The SMILES string of the molecule is Cc1ccccc1NC(=O)N1CCC(c2nccn2CCN(C)C)CC1. The van der Waals surface area contributed by atoms with Crippen LogP contribution in [0.5, 0.6) is 0 Å². The highest BCUT2D eigenvalue weighted by Crippen LogP contribution is 2.27. The van der Waals surface area contributed by atoms with E-state index in [0.29, 0.717) is 5.92 Å². The summed E-state index contributed by atoms with van der Waals surface area (Å²) in [6.45, 7) is 5.50. The Labute approximate surface area is 155 Å². The smallest absolute Gasteiger partial charge is 0.321 e. The number of nitrogens with one attached hydrogen (secondary N) is 1. The number of rotatable bonds is 5. The van der Waals surface area contributed by atoms with Crippen molar-refractivity contribution in [2.75, 3.05) is 39.0 Å². The van der Waals surface area contributed by atoms with Crippen LogP contribution in [-0.2, 0) is 6.54 Å². The number of amides is 2. The Morgan fingerprint density at radius 3 is 2.69 bits per heavy atom. The first kappa shape index (κ1) is 18.5. The number of urea groups is 1. The van der Waals surface area contributed by atoms with Gasteiger partial charge in [-0.05, 0) is 45.5 Å². The van der Waals surface area contributed by atoms with Crippen LogP contribution in [0, 0.1) is 6.92 Å². The highest BCUT2D eigenvalue weighted by Gasteiger charge is 2.26. The summed E-state index contributed by atoms with van der Waals surface area (Å²) in [5.41, 5.74) is 1.97. The molecule has 1 aromatic carbocycles. The Kier molecular flexibility index (Phi) is 5.93. The zero-order chi connectivity index (χ0) is 18.5. The van der Waals surface area contributed by atoms with Gasteiger partial charge in [-0.3, -0.25) is 0 Å². The van der Waals surface area contributed by atoms with Gasteiger partial charge in [-0.1, -0.05) is 18.2 Å². The van der Waals surface area contributed by atoms with E-state index in [1.54, 1.807) is 0 Å². The van der Waals surface area contributed by atoms with E-state index < -0.39 is 0 Å². The van der Waals surface area contributed by atoms with E-state index in [9.17, 15) is 4.79 Å². The van der Waals surface area contributed by atoms with Crippen molar-refractivity contribution in [2.45, 2.75) is 32.2 Å². The molecule has 2 aromatic rings. The number of aryl methyl sites for hydroxylation is 1. The monoisotopic (exact) mass is 355 g/mol. The van der Waals surface area contributed by atoms with Crippen LogP contribution in [0.25, 0.3) is 0 Å². The predicted octanol–water partition coefficient (Wildman–Crippen LogP) is 3.16. The molecule has 2 heterocycles. The number of carbonyl (C=O) groups is 1. The average molecular weight is 355 g/mol. The number of piperidine rings is 1. The first-order chi connectivity index (χ1) is 12.5. The summed E-state index contributed by atoms with van der Waals surface area (Å²) in [6, 6.07) is 7.88. The van der Waals surface area contributed by atoms with E-state index in [2.05, 4.69) is 40.1 Å². The van der Waals surface area contributed by atoms with Gasteiger partial charge < -0.3 is 19.7 Å². The molecule has 1 fully saturated rings. The molecule has 0 radical (unpaired) electrons. The second-order valence-corrected chi connectivity index (χ2v) is 7.29. The molecular weight excluding hydrogens is 326 g/mol. The number of likely N-dealkylation sites (N-methyl/N-ethyl adjacent to an activating group) is 1. The van der Waals surface area contributed by atoms with Gasteiger partial charge >= 0.3 is 6.03 Å². The molecule has 0 bridgehead atoms. The fraction of sp³-hybridized carbons (Fsp3) is 0.500. The molecule has 0 aliphatic carbocycles. The van der Waals surface area contributed by atoms with Crippen molar-refractivity contribution in [3.8, 4) is 0 Å². The average Bonchev–Trinajstić information content (AvgIpc) is 3.10. The molecule has 2 amide bonds. The summed E-state index contributed by atoms with van der Waals surface area (Å²) in [4.78, 5) is 21.2. The maximum absolute atomic E-state index is 12.5. The number of hydrogen-bond donors (Lipinski definition) is 1. The third-order valence-electron chi connectivity index (χ3n) is 5.07. The summed E-state index contributed by atoms with van der Waals surface area (Å²) in [5, 5.41) is 3.03. The van der Waals surface area contributed by atoms with E-state index in [0.717, 1.165) is 56.1 Å². The lowest BCUT2D eigenvalue weighted by atomic mass is 9.96. The molecule has 1 N–H and O–H groups in total. The third kappa shape index (κ3) is 4.43. The molecule has 6 nitrogen and oxygen atoms in total. The van der Waals surface area contributed by atoms with Gasteiger partial charge in [-0.25, -0.2) is 9.78 Å². The van der Waals surface area contributed by atoms with Crippen LogP contribution in [-0.4, -0.2) is 59.1 Å². The number of benzene rings is 1. The maximum atomic E-state index is 12.5. The first-order valence-electron chi connectivity index (χ1n) is 9.32. The molecular formula is C20H29N5O. The predicted molar refractivity (Wildman–Crippen MR) is 105 cm³/mol. The van der Waals surface area contributed by atoms with Crippen LogP contribution in [0.15, 0.2) is 36.7 Å². The summed E-state index contributed by atoms with van der Waals surface area (Å²) in [7, 11) is 4.17. The normalized spacial score (nSPS) is 15.5. The van der Waals surface area contributed by atoms with Gasteiger partial charge in [-0.15, -0.1) is 0 Å². The zero-order valence-electron chi connectivity index (χ0n) is 16.0. The third-order valence-corrected chi connectivity index (χ3v) is 5.07.